The molecule has 0 aliphatic carbocycles. The van der Waals surface area contributed by atoms with Crippen LogP contribution in [0.5, 0.6) is 5.75 Å². The summed E-state index contributed by atoms with van der Waals surface area (Å²) < 4.78 is 7.19. The van der Waals surface area contributed by atoms with Crippen molar-refractivity contribution in [1.82, 2.24) is 9.55 Å². The van der Waals surface area contributed by atoms with Gasteiger partial charge in [-0.3, -0.25) is 9.36 Å². The van der Waals surface area contributed by atoms with Crippen LogP contribution in [0.15, 0.2) is 46.8 Å². The predicted octanol–water partition coefficient (Wildman–Crippen LogP) is 3.02. The maximum absolute atomic E-state index is 12.3. The second-order valence-corrected chi connectivity index (χ2v) is 6.89. The molecule has 24 heavy (non-hydrogen) atoms. The van der Waals surface area contributed by atoms with Gasteiger partial charge in [0.05, 0.1) is 18.3 Å². The van der Waals surface area contributed by atoms with E-state index in [9.17, 15) is 9.90 Å². The van der Waals surface area contributed by atoms with E-state index in [2.05, 4.69) is 18.8 Å². The van der Waals surface area contributed by atoms with E-state index in [-0.39, 0.29) is 18.7 Å². The van der Waals surface area contributed by atoms with Gasteiger partial charge in [-0.1, -0.05) is 32.0 Å². The molecule has 0 aliphatic rings. The normalized spacial score (nSPS) is 12.7. The zero-order valence-corrected chi connectivity index (χ0v) is 14.5. The molecule has 5 nitrogen and oxygen atoms in total. The first-order chi connectivity index (χ1) is 11.6. The van der Waals surface area contributed by atoms with Crippen molar-refractivity contribution in [2.75, 3.05) is 6.61 Å². The van der Waals surface area contributed by atoms with E-state index in [1.807, 2.05) is 29.6 Å². The molecule has 6 heteroatoms. The minimum Gasteiger partial charge on any atom is -0.491 e. The molecule has 3 aromatic rings. The summed E-state index contributed by atoms with van der Waals surface area (Å²) in [6.07, 6.45) is 0.688. The predicted molar refractivity (Wildman–Crippen MR) is 95.9 cm³/mol. The van der Waals surface area contributed by atoms with Gasteiger partial charge >= 0.3 is 0 Å². The molecule has 0 fully saturated rings. The number of benzene rings is 1. The Balaban J connectivity index is 1.68. The molecule has 3 rings (SSSR count). The Morgan fingerprint density at radius 3 is 2.88 bits per heavy atom. The van der Waals surface area contributed by atoms with Crippen LogP contribution in [0, 0.1) is 0 Å². The van der Waals surface area contributed by atoms with Crippen molar-refractivity contribution in [2.45, 2.75) is 32.4 Å². The van der Waals surface area contributed by atoms with Crippen molar-refractivity contribution in [1.29, 1.82) is 0 Å². The standard InChI is InChI=1S/C18H20N2O3S/c1-12(2)14-5-3-4-6-16(14)23-10-13(21)9-20-11-19-17-15(18(20)22)7-8-24-17/h3-8,11-13,21H,9-10H2,1-2H3. The molecule has 1 aromatic carbocycles. The number of hydrogen-bond donors (Lipinski definition) is 1. The van der Waals surface area contributed by atoms with E-state index >= 15 is 0 Å². The molecular formula is C18H20N2O3S. The Bertz CT molecular complexity index is 885. The Labute approximate surface area is 144 Å². The first kappa shape index (κ1) is 16.7. The van der Waals surface area contributed by atoms with Gasteiger partial charge in [-0.05, 0) is 29.0 Å². The molecule has 1 atom stereocenters. The average molecular weight is 344 g/mol. The Kier molecular flexibility index (Phi) is 4.97. The quantitative estimate of drug-likeness (QED) is 0.746. The average Bonchev–Trinajstić information content (AvgIpc) is 3.05. The molecule has 0 bridgehead atoms. The third kappa shape index (κ3) is 3.49. The first-order valence-electron chi connectivity index (χ1n) is 7.88. The monoisotopic (exact) mass is 344 g/mol. The molecule has 0 radical (unpaired) electrons. The van der Waals surface area contributed by atoms with Gasteiger partial charge in [0.25, 0.3) is 5.56 Å². The van der Waals surface area contributed by atoms with Crippen LogP contribution in [-0.2, 0) is 6.54 Å². The van der Waals surface area contributed by atoms with E-state index in [4.69, 9.17) is 4.74 Å². The van der Waals surface area contributed by atoms with Crippen molar-refractivity contribution in [3.63, 3.8) is 0 Å². The summed E-state index contributed by atoms with van der Waals surface area (Å²) in [5.41, 5.74) is 0.964. The largest absolute Gasteiger partial charge is 0.491 e. The lowest BCUT2D eigenvalue weighted by Crippen LogP contribution is -2.30. The van der Waals surface area contributed by atoms with Gasteiger partial charge in [0.2, 0.25) is 0 Å². The summed E-state index contributed by atoms with van der Waals surface area (Å²) in [6.45, 7) is 4.47. The molecule has 2 aromatic heterocycles. The third-order valence-corrected chi connectivity index (χ3v) is 4.65. The SMILES string of the molecule is CC(C)c1ccccc1OCC(O)Cn1cnc2sccc2c1=O. The number of ether oxygens (including phenoxy) is 1. The van der Waals surface area contributed by atoms with Crippen LogP contribution >= 0.6 is 11.3 Å². The molecule has 0 amide bonds. The highest BCUT2D eigenvalue weighted by Gasteiger charge is 2.12. The second-order valence-electron chi connectivity index (χ2n) is 6.00. The van der Waals surface area contributed by atoms with Gasteiger partial charge < -0.3 is 9.84 Å². The molecule has 0 aliphatic heterocycles. The van der Waals surface area contributed by atoms with Crippen LogP contribution in [0.3, 0.4) is 0 Å². The maximum Gasteiger partial charge on any atom is 0.262 e. The summed E-state index contributed by atoms with van der Waals surface area (Å²) in [5.74, 6) is 1.11. The van der Waals surface area contributed by atoms with Crippen molar-refractivity contribution in [3.8, 4) is 5.75 Å². The summed E-state index contributed by atoms with van der Waals surface area (Å²) >= 11 is 1.43. The molecule has 2 heterocycles. The van der Waals surface area contributed by atoms with Crippen LogP contribution in [-0.4, -0.2) is 27.4 Å². The van der Waals surface area contributed by atoms with Gasteiger partial charge in [0, 0.05) is 0 Å². The van der Waals surface area contributed by atoms with Gasteiger partial charge in [-0.25, -0.2) is 4.98 Å². The smallest absolute Gasteiger partial charge is 0.262 e. The summed E-state index contributed by atoms with van der Waals surface area (Å²) in [4.78, 5) is 17.3. The lowest BCUT2D eigenvalue weighted by molar-refractivity contribution is 0.0909. The lowest BCUT2D eigenvalue weighted by Gasteiger charge is -2.17. The number of nitrogens with zero attached hydrogens (tertiary/aromatic N) is 2. The maximum atomic E-state index is 12.3. The summed E-state index contributed by atoms with van der Waals surface area (Å²) in [7, 11) is 0. The van der Waals surface area contributed by atoms with Crippen LogP contribution in [0.1, 0.15) is 25.3 Å². The molecule has 126 valence electrons. The Hall–Kier alpha value is -2.18. The minimum atomic E-state index is -0.791. The number of fused-ring (bicyclic) bond motifs is 1. The molecule has 0 saturated heterocycles. The lowest BCUT2D eigenvalue weighted by atomic mass is 10.0. The number of aliphatic hydroxyl groups is 1. The number of para-hydroxylation sites is 1. The fraction of sp³-hybridized carbons (Fsp3) is 0.333. The molecule has 0 spiro atoms. The highest BCUT2D eigenvalue weighted by molar-refractivity contribution is 7.16. The van der Waals surface area contributed by atoms with Crippen molar-refractivity contribution >= 4 is 21.6 Å². The fourth-order valence-electron chi connectivity index (χ4n) is 2.58. The first-order valence-corrected chi connectivity index (χ1v) is 8.76. The summed E-state index contributed by atoms with van der Waals surface area (Å²) in [6, 6.07) is 9.55. The highest BCUT2D eigenvalue weighted by atomic mass is 32.1. The number of aromatic nitrogens is 2. The highest BCUT2D eigenvalue weighted by Crippen LogP contribution is 2.25. The zero-order valence-electron chi connectivity index (χ0n) is 13.7. The molecular weight excluding hydrogens is 324 g/mol. The zero-order chi connectivity index (χ0) is 17.1. The van der Waals surface area contributed by atoms with Crippen LogP contribution in [0.2, 0.25) is 0 Å². The van der Waals surface area contributed by atoms with Crippen LogP contribution in [0.25, 0.3) is 10.2 Å². The fourth-order valence-corrected chi connectivity index (χ4v) is 3.30. The number of hydrogen-bond acceptors (Lipinski definition) is 5. The van der Waals surface area contributed by atoms with Gasteiger partial charge in [0.15, 0.2) is 0 Å². The van der Waals surface area contributed by atoms with Gasteiger partial charge in [-0.2, -0.15) is 0 Å². The molecule has 1 N–H and O–H groups in total. The Morgan fingerprint density at radius 1 is 1.29 bits per heavy atom. The third-order valence-electron chi connectivity index (χ3n) is 3.83. The van der Waals surface area contributed by atoms with Crippen molar-refractivity contribution in [3.05, 3.63) is 58.0 Å². The van der Waals surface area contributed by atoms with E-state index in [0.717, 1.165) is 11.3 Å². The molecule has 1 unspecified atom stereocenters. The van der Waals surface area contributed by atoms with E-state index in [1.54, 1.807) is 6.07 Å². The van der Waals surface area contributed by atoms with Gasteiger partial charge in [-0.15, -0.1) is 11.3 Å². The summed E-state index contributed by atoms with van der Waals surface area (Å²) in [5, 5.41) is 12.7. The number of rotatable bonds is 6. The number of aliphatic hydroxyl groups excluding tert-OH is 1. The Morgan fingerprint density at radius 2 is 2.08 bits per heavy atom. The van der Waals surface area contributed by atoms with Crippen molar-refractivity contribution in [2.24, 2.45) is 0 Å². The minimum absolute atomic E-state index is 0.123. The van der Waals surface area contributed by atoms with Crippen molar-refractivity contribution < 1.29 is 9.84 Å². The van der Waals surface area contributed by atoms with E-state index in [0.29, 0.717) is 16.1 Å². The van der Waals surface area contributed by atoms with Crippen LogP contribution < -0.4 is 10.3 Å². The topological polar surface area (TPSA) is 64.3 Å². The second kappa shape index (κ2) is 7.15. The van der Waals surface area contributed by atoms with E-state index < -0.39 is 6.10 Å². The van der Waals surface area contributed by atoms with E-state index in [1.165, 1.54) is 22.2 Å². The van der Waals surface area contributed by atoms with Gasteiger partial charge in [0.1, 0.15) is 23.3 Å². The number of thiophene rings is 1. The molecule has 0 saturated carbocycles. The van der Waals surface area contributed by atoms with Crippen LogP contribution in [0.4, 0.5) is 0 Å².